The molecule has 7 heteroatoms. The third kappa shape index (κ3) is 12.4. The quantitative estimate of drug-likeness (QED) is 0.436. The molecule has 0 saturated heterocycles. The summed E-state index contributed by atoms with van der Waals surface area (Å²) in [4.78, 5) is 51.2. The van der Waals surface area contributed by atoms with Gasteiger partial charge in [0, 0.05) is 50.2 Å². The molecule has 3 rings (SSSR count). The van der Waals surface area contributed by atoms with Crippen LogP contribution in [0, 0.1) is 5.92 Å². The molecule has 0 aromatic rings. The van der Waals surface area contributed by atoms with Crippen molar-refractivity contribution >= 4 is 23.1 Å². The summed E-state index contributed by atoms with van der Waals surface area (Å²) in [5.74, 6) is 0.753. The van der Waals surface area contributed by atoms with Gasteiger partial charge in [-0.1, -0.05) is 0 Å². The normalized spacial score (nSPS) is 26.5. The Morgan fingerprint density at radius 2 is 0.971 bits per heavy atom. The van der Waals surface area contributed by atoms with Gasteiger partial charge in [-0.25, -0.2) is 0 Å². The van der Waals surface area contributed by atoms with Gasteiger partial charge in [-0.05, 0) is 101 Å². The monoisotopic (exact) mass is 493 g/mol. The molecule has 0 aromatic heterocycles. The zero-order valence-corrected chi connectivity index (χ0v) is 23.5. The van der Waals surface area contributed by atoms with Crippen molar-refractivity contribution in [1.82, 2.24) is 14.7 Å². The molecule has 0 spiro atoms. The van der Waals surface area contributed by atoms with Crippen LogP contribution < -0.4 is 0 Å². The van der Waals surface area contributed by atoms with Gasteiger partial charge in [0.05, 0.1) is 5.92 Å². The molecule has 3 unspecified atom stereocenters. The first-order valence-corrected chi connectivity index (χ1v) is 13.5. The average Bonchev–Trinajstić information content (AvgIpc) is 3.13. The third-order valence-corrected chi connectivity index (χ3v) is 7.84. The molecule has 3 aliphatic rings. The van der Waals surface area contributed by atoms with E-state index in [1.807, 2.05) is 14.1 Å². The van der Waals surface area contributed by atoms with E-state index in [1.54, 1.807) is 0 Å². The molecule has 3 aliphatic carbocycles. The first-order chi connectivity index (χ1) is 16.4. The van der Waals surface area contributed by atoms with Crippen LogP contribution in [0.2, 0.25) is 0 Å². The smallest absolute Gasteiger partial charge is 0.143 e. The van der Waals surface area contributed by atoms with Gasteiger partial charge >= 0.3 is 0 Å². The van der Waals surface area contributed by atoms with Crippen molar-refractivity contribution in [2.24, 2.45) is 5.92 Å². The number of carbonyl (C=O) groups is 4. The Morgan fingerprint density at radius 1 is 0.571 bits per heavy atom. The topological polar surface area (TPSA) is 78.0 Å². The maximum atomic E-state index is 11.6. The van der Waals surface area contributed by atoms with Gasteiger partial charge in [-0.15, -0.1) is 0 Å². The molecule has 0 heterocycles. The predicted molar refractivity (Wildman–Crippen MR) is 142 cm³/mol. The van der Waals surface area contributed by atoms with E-state index in [-0.39, 0.29) is 17.5 Å². The Balaban J connectivity index is 0.000000267. The van der Waals surface area contributed by atoms with Gasteiger partial charge in [0.2, 0.25) is 0 Å². The zero-order valence-electron chi connectivity index (χ0n) is 23.5. The fraction of sp³-hybridized carbons (Fsp3) is 0.857. The second kappa shape index (κ2) is 16.3. The van der Waals surface area contributed by atoms with Gasteiger partial charge < -0.3 is 14.7 Å². The van der Waals surface area contributed by atoms with Crippen LogP contribution in [0.4, 0.5) is 0 Å². The lowest BCUT2D eigenvalue weighted by molar-refractivity contribution is -0.131. The van der Waals surface area contributed by atoms with Gasteiger partial charge in [-0.3, -0.25) is 19.2 Å². The van der Waals surface area contributed by atoms with Crippen LogP contribution in [0.5, 0.6) is 0 Å². The van der Waals surface area contributed by atoms with Crippen molar-refractivity contribution < 1.29 is 19.2 Å². The summed E-state index contributed by atoms with van der Waals surface area (Å²) in [6, 6.07) is 1.75. The summed E-state index contributed by atoms with van der Waals surface area (Å²) in [5, 5.41) is 0. The van der Waals surface area contributed by atoms with Crippen LogP contribution in [0.1, 0.15) is 90.4 Å². The molecular formula is C28H51N3O4. The molecule has 0 aliphatic heterocycles. The molecule has 0 bridgehead atoms. The minimum absolute atomic E-state index is 0.0365. The highest BCUT2D eigenvalue weighted by Gasteiger charge is 2.28. The molecule has 0 amide bonds. The third-order valence-electron chi connectivity index (χ3n) is 7.84. The van der Waals surface area contributed by atoms with E-state index in [0.717, 1.165) is 70.6 Å². The Bertz CT molecular complexity index is 680. The minimum atomic E-state index is -0.319. The molecule has 7 nitrogen and oxygen atoms in total. The summed E-state index contributed by atoms with van der Waals surface area (Å²) in [6.07, 6.45) is 11.8. The molecule has 35 heavy (non-hydrogen) atoms. The van der Waals surface area contributed by atoms with E-state index >= 15 is 0 Å². The summed E-state index contributed by atoms with van der Waals surface area (Å²) >= 11 is 0. The highest BCUT2D eigenvalue weighted by Crippen LogP contribution is 2.23. The maximum Gasteiger partial charge on any atom is 0.143 e. The van der Waals surface area contributed by atoms with Gasteiger partial charge in [-0.2, -0.15) is 0 Å². The summed E-state index contributed by atoms with van der Waals surface area (Å²) < 4.78 is 0. The number of hydrogen-bond donors (Lipinski definition) is 0. The molecule has 202 valence electrons. The van der Waals surface area contributed by atoms with E-state index < -0.39 is 0 Å². The molecule has 3 atom stereocenters. The van der Waals surface area contributed by atoms with E-state index in [4.69, 9.17) is 0 Å². The molecule has 0 aromatic carbocycles. The zero-order chi connectivity index (χ0) is 26.5. The second-order valence-corrected chi connectivity index (χ2v) is 11.2. The van der Waals surface area contributed by atoms with Crippen molar-refractivity contribution in [3.8, 4) is 0 Å². The standard InChI is InChI=1S/C11H19NO2.C9H17NO.C8H15NO/c1-8(13)10-6-4-9(12(2)3)5-7-11(10)14;1-10(2)8-4-3-5-9(11)7-6-8;1-9(2)7-3-5-8(10)6-4-7/h9-10H,4-7H2,1-3H3;8H,3-7H2,1-2H3;7H,3-6H2,1-2H3. The van der Waals surface area contributed by atoms with Crippen LogP contribution in [-0.4, -0.2) is 98.2 Å². The summed E-state index contributed by atoms with van der Waals surface area (Å²) in [7, 11) is 12.4. The van der Waals surface area contributed by atoms with Gasteiger partial charge in [0.15, 0.2) is 0 Å². The summed E-state index contributed by atoms with van der Waals surface area (Å²) in [6.45, 7) is 1.53. The Morgan fingerprint density at radius 3 is 1.43 bits per heavy atom. The molecule has 0 radical (unpaired) electrons. The fourth-order valence-corrected chi connectivity index (χ4v) is 5.18. The number of Topliss-reactive ketones (excluding diaryl/α,β-unsaturated/α-hetero) is 4. The number of nitrogens with zero attached hydrogens (tertiary/aromatic N) is 3. The van der Waals surface area contributed by atoms with Crippen molar-refractivity contribution in [1.29, 1.82) is 0 Å². The fourth-order valence-electron chi connectivity index (χ4n) is 5.18. The van der Waals surface area contributed by atoms with Gasteiger partial charge in [0.25, 0.3) is 0 Å². The largest absolute Gasteiger partial charge is 0.306 e. The van der Waals surface area contributed by atoms with E-state index in [1.165, 1.54) is 13.3 Å². The molecular weight excluding hydrogens is 442 g/mol. The SMILES string of the molecule is CC(=O)C1CCC(N(C)C)CCC1=O.CN(C)C1CCC(=O)CC1.CN(C)C1CCCC(=O)CC1. The van der Waals surface area contributed by atoms with Crippen molar-refractivity contribution in [2.75, 3.05) is 42.3 Å². The average molecular weight is 494 g/mol. The lowest BCUT2D eigenvalue weighted by atomic mass is 9.94. The van der Waals surface area contributed by atoms with Gasteiger partial charge in [0.1, 0.15) is 23.1 Å². The van der Waals surface area contributed by atoms with Crippen molar-refractivity contribution in [3.05, 3.63) is 0 Å². The first-order valence-electron chi connectivity index (χ1n) is 13.5. The minimum Gasteiger partial charge on any atom is -0.306 e. The Kier molecular flexibility index (Phi) is 14.7. The number of rotatable bonds is 4. The highest BCUT2D eigenvalue weighted by atomic mass is 16.2. The molecule has 3 fully saturated rings. The summed E-state index contributed by atoms with van der Waals surface area (Å²) in [5.41, 5.74) is 0. The van der Waals surface area contributed by atoms with Crippen LogP contribution in [0.15, 0.2) is 0 Å². The van der Waals surface area contributed by atoms with Crippen LogP contribution in [0.25, 0.3) is 0 Å². The highest BCUT2D eigenvalue weighted by molar-refractivity contribution is 6.01. The first kappa shape index (κ1) is 31.6. The lowest BCUT2D eigenvalue weighted by Crippen LogP contribution is -2.32. The van der Waals surface area contributed by atoms with E-state index in [2.05, 4.69) is 42.9 Å². The van der Waals surface area contributed by atoms with Crippen LogP contribution in [0.3, 0.4) is 0 Å². The molecule has 3 saturated carbocycles. The van der Waals surface area contributed by atoms with E-state index in [0.29, 0.717) is 36.1 Å². The van der Waals surface area contributed by atoms with Crippen molar-refractivity contribution in [2.45, 2.75) is 109 Å². The second-order valence-electron chi connectivity index (χ2n) is 11.2. The van der Waals surface area contributed by atoms with Crippen molar-refractivity contribution in [3.63, 3.8) is 0 Å². The van der Waals surface area contributed by atoms with Crippen LogP contribution >= 0.6 is 0 Å². The maximum absolute atomic E-state index is 11.6. The predicted octanol–water partition coefficient (Wildman–Crippen LogP) is 3.77. The Hall–Kier alpha value is -1.44. The number of carbonyl (C=O) groups excluding carboxylic acids is 4. The Labute approximate surface area is 214 Å². The van der Waals surface area contributed by atoms with Crippen LogP contribution in [-0.2, 0) is 19.2 Å². The van der Waals surface area contributed by atoms with E-state index in [9.17, 15) is 19.2 Å². The number of hydrogen-bond acceptors (Lipinski definition) is 7. The molecule has 0 N–H and O–H groups in total. The number of ketones is 4. The lowest BCUT2D eigenvalue weighted by Gasteiger charge is -2.26.